The number of benzene rings is 1. The number of hydrogen-bond donors (Lipinski definition) is 2. The van der Waals surface area contributed by atoms with Gasteiger partial charge in [0.05, 0.1) is 0 Å². The van der Waals surface area contributed by atoms with Crippen molar-refractivity contribution >= 4 is 23.4 Å². The molecule has 0 bridgehead atoms. The zero-order valence-electron chi connectivity index (χ0n) is 11.4. The van der Waals surface area contributed by atoms with Crippen LogP contribution in [-0.4, -0.2) is 18.4 Å². The third-order valence-electron chi connectivity index (χ3n) is 3.27. The molecule has 0 saturated heterocycles. The van der Waals surface area contributed by atoms with E-state index in [2.05, 4.69) is 10.9 Å². The average molecular weight is 297 g/mol. The average Bonchev–Trinajstić information content (AvgIpc) is 3.14. The van der Waals surface area contributed by atoms with Crippen molar-refractivity contribution in [3.63, 3.8) is 0 Å². The fourth-order valence-corrected chi connectivity index (χ4v) is 1.92. The summed E-state index contributed by atoms with van der Waals surface area (Å²) >= 11 is 5.89. The van der Waals surface area contributed by atoms with Crippen molar-refractivity contribution in [2.24, 2.45) is 11.8 Å². The lowest BCUT2D eigenvalue weighted by molar-refractivity contribution is -0.130. The van der Waals surface area contributed by atoms with E-state index in [0.717, 1.165) is 12.0 Å². The third kappa shape index (κ3) is 3.87. The van der Waals surface area contributed by atoms with E-state index in [0.29, 0.717) is 16.7 Å². The van der Waals surface area contributed by atoms with Crippen LogP contribution in [0, 0.1) is 18.8 Å². The van der Waals surface area contributed by atoms with Crippen LogP contribution in [0.15, 0.2) is 18.2 Å². The van der Waals surface area contributed by atoms with Crippen LogP contribution < -0.4 is 15.6 Å². The van der Waals surface area contributed by atoms with E-state index in [-0.39, 0.29) is 18.4 Å². The van der Waals surface area contributed by atoms with Crippen molar-refractivity contribution in [3.05, 3.63) is 28.8 Å². The first kappa shape index (κ1) is 14.7. The van der Waals surface area contributed by atoms with Crippen LogP contribution >= 0.6 is 11.6 Å². The Balaban J connectivity index is 1.72. The molecule has 108 valence electrons. The van der Waals surface area contributed by atoms with E-state index in [4.69, 9.17) is 16.3 Å². The second-order valence-electron chi connectivity index (χ2n) is 5.06. The Morgan fingerprint density at radius 1 is 1.40 bits per heavy atom. The van der Waals surface area contributed by atoms with Gasteiger partial charge in [-0.3, -0.25) is 20.4 Å². The Morgan fingerprint density at radius 3 is 2.70 bits per heavy atom. The van der Waals surface area contributed by atoms with Gasteiger partial charge in [0, 0.05) is 10.9 Å². The molecule has 1 aliphatic rings. The van der Waals surface area contributed by atoms with E-state index >= 15 is 0 Å². The van der Waals surface area contributed by atoms with Crippen molar-refractivity contribution in [1.82, 2.24) is 10.9 Å². The minimum atomic E-state index is -0.403. The number of aryl methyl sites for hydroxylation is 1. The molecule has 1 aromatic carbocycles. The Kier molecular flexibility index (Phi) is 4.49. The molecule has 6 heteroatoms. The summed E-state index contributed by atoms with van der Waals surface area (Å²) in [4.78, 5) is 23.0. The molecule has 1 fully saturated rings. The summed E-state index contributed by atoms with van der Waals surface area (Å²) in [5, 5.41) is 0.646. The molecule has 1 aromatic rings. The molecule has 5 nitrogen and oxygen atoms in total. The zero-order valence-corrected chi connectivity index (χ0v) is 12.2. The first-order valence-electron chi connectivity index (χ1n) is 6.45. The van der Waals surface area contributed by atoms with Crippen molar-refractivity contribution < 1.29 is 14.3 Å². The lowest BCUT2D eigenvalue weighted by atomic mass is 10.2. The Bertz CT molecular complexity index is 533. The van der Waals surface area contributed by atoms with Gasteiger partial charge >= 0.3 is 0 Å². The van der Waals surface area contributed by atoms with Gasteiger partial charge < -0.3 is 4.74 Å². The lowest BCUT2D eigenvalue weighted by Gasteiger charge is -2.09. The summed E-state index contributed by atoms with van der Waals surface area (Å²) in [6, 6.07) is 5.15. The van der Waals surface area contributed by atoms with Crippen molar-refractivity contribution in [1.29, 1.82) is 0 Å². The number of halogens is 1. The van der Waals surface area contributed by atoms with Crippen molar-refractivity contribution in [3.8, 4) is 5.75 Å². The maximum atomic E-state index is 11.5. The summed E-state index contributed by atoms with van der Waals surface area (Å²) in [6.07, 6.45) is 0.877. The number of carbonyl (C=O) groups is 2. The molecule has 1 saturated carbocycles. The molecule has 2 rings (SSSR count). The van der Waals surface area contributed by atoms with Gasteiger partial charge in [-0.05, 0) is 43.0 Å². The smallest absolute Gasteiger partial charge is 0.276 e. The summed E-state index contributed by atoms with van der Waals surface area (Å²) < 4.78 is 5.31. The third-order valence-corrected chi connectivity index (χ3v) is 3.69. The fourth-order valence-electron chi connectivity index (χ4n) is 1.80. The molecule has 2 N–H and O–H groups in total. The van der Waals surface area contributed by atoms with Crippen LogP contribution in [-0.2, 0) is 9.59 Å². The van der Waals surface area contributed by atoms with Gasteiger partial charge in [0.25, 0.3) is 5.91 Å². The number of rotatable bonds is 4. The number of hydrogen-bond acceptors (Lipinski definition) is 3. The van der Waals surface area contributed by atoms with Crippen LogP contribution in [0.4, 0.5) is 0 Å². The summed E-state index contributed by atoms with van der Waals surface area (Å²) in [5.74, 6) is 0.437. The summed E-state index contributed by atoms with van der Waals surface area (Å²) in [5.41, 5.74) is 5.60. The van der Waals surface area contributed by atoms with Crippen LogP contribution in [0.5, 0.6) is 5.75 Å². The Labute approximate surface area is 122 Å². The Hall–Kier alpha value is -1.75. The van der Waals surface area contributed by atoms with Gasteiger partial charge in [-0.15, -0.1) is 0 Å². The minimum Gasteiger partial charge on any atom is -0.484 e. The predicted molar refractivity (Wildman–Crippen MR) is 75.2 cm³/mol. The summed E-state index contributed by atoms with van der Waals surface area (Å²) in [7, 11) is 0. The van der Waals surface area contributed by atoms with E-state index in [9.17, 15) is 9.59 Å². The fraction of sp³-hybridized carbons (Fsp3) is 0.429. The van der Waals surface area contributed by atoms with Crippen LogP contribution in [0.2, 0.25) is 5.02 Å². The largest absolute Gasteiger partial charge is 0.484 e. The SMILES string of the molecule is Cc1cc(OCC(=O)NNC(=O)C2CC2C)ccc1Cl. The minimum absolute atomic E-state index is 0.0233. The normalized spacial score (nSPS) is 20.1. The number of hydrazine groups is 1. The van der Waals surface area contributed by atoms with E-state index in [1.54, 1.807) is 18.2 Å². The molecule has 0 aliphatic heterocycles. The molecule has 0 heterocycles. The molecular weight excluding hydrogens is 280 g/mol. The van der Waals surface area contributed by atoms with Crippen LogP contribution in [0.3, 0.4) is 0 Å². The van der Waals surface area contributed by atoms with E-state index < -0.39 is 5.91 Å². The number of nitrogens with one attached hydrogen (secondary N) is 2. The van der Waals surface area contributed by atoms with Gasteiger partial charge in [-0.1, -0.05) is 18.5 Å². The lowest BCUT2D eigenvalue weighted by Crippen LogP contribution is -2.44. The first-order chi connectivity index (χ1) is 9.47. The number of ether oxygens (including phenoxy) is 1. The number of carbonyl (C=O) groups excluding carboxylic acids is 2. The molecule has 20 heavy (non-hydrogen) atoms. The molecule has 2 atom stereocenters. The highest BCUT2D eigenvalue weighted by atomic mass is 35.5. The standard InChI is InChI=1S/C14H17ClN2O3/c1-8-6-11(8)14(19)17-16-13(18)7-20-10-3-4-12(15)9(2)5-10/h3-5,8,11H,6-7H2,1-2H3,(H,16,18)(H,17,19). The maximum absolute atomic E-state index is 11.5. The Morgan fingerprint density at radius 2 is 2.10 bits per heavy atom. The van der Waals surface area contributed by atoms with Gasteiger partial charge in [-0.25, -0.2) is 0 Å². The molecular formula is C14H17ClN2O3. The van der Waals surface area contributed by atoms with Crippen LogP contribution in [0.1, 0.15) is 18.9 Å². The highest BCUT2D eigenvalue weighted by Crippen LogP contribution is 2.37. The van der Waals surface area contributed by atoms with E-state index in [1.165, 1.54) is 0 Å². The van der Waals surface area contributed by atoms with Gasteiger partial charge in [-0.2, -0.15) is 0 Å². The maximum Gasteiger partial charge on any atom is 0.276 e. The second-order valence-corrected chi connectivity index (χ2v) is 5.46. The molecule has 0 spiro atoms. The predicted octanol–water partition coefficient (Wildman–Crippen LogP) is 1.83. The van der Waals surface area contributed by atoms with Crippen molar-refractivity contribution in [2.45, 2.75) is 20.3 Å². The molecule has 0 radical (unpaired) electrons. The van der Waals surface area contributed by atoms with Crippen LogP contribution in [0.25, 0.3) is 0 Å². The first-order valence-corrected chi connectivity index (χ1v) is 6.83. The quantitative estimate of drug-likeness (QED) is 0.833. The molecule has 1 aliphatic carbocycles. The van der Waals surface area contributed by atoms with Gasteiger partial charge in [0.2, 0.25) is 5.91 Å². The van der Waals surface area contributed by atoms with Gasteiger partial charge in [0.15, 0.2) is 6.61 Å². The molecule has 2 unspecified atom stereocenters. The second kappa shape index (κ2) is 6.13. The highest BCUT2D eigenvalue weighted by molar-refractivity contribution is 6.31. The highest BCUT2D eigenvalue weighted by Gasteiger charge is 2.39. The topological polar surface area (TPSA) is 67.4 Å². The van der Waals surface area contributed by atoms with Crippen molar-refractivity contribution in [2.75, 3.05) is 6.61 Å². The summed E-state index contributed by atoms with van der Waals surface area (Å²) in [6.45, 7) is 3.69. The van der Waals surface area contributed by atoms with E-state index in [1.807, 2.05) is 13.8 Å². The van der Waals surface area contributed by atoms with Gasteiger partial charge in [0.1, 0.15) is 5.75 Å². The molecule has 2 amide bonds. The number of amides is 2. The zero-order chi connectivity index (χ0) is 14.7. The molecule has 0 aromatic heterocycles. The monoisotopic (exact) mass is 296 g/mol.